The summed E-state index contributed by atoms with van der Waals surface area (Å²) in [6, 6.07) is 5.41. The number of phenolic OH excluding ortho intramolecular Hbond substituents is 1. The van der Waals surface area contributed by atoms with E-state index < -0.39 is 24.6 Å². The minimum absolute atomic E-state index is 0.125. The largest absolute Gasteiger partial charge is 0.508 e. The van der Waals surface area contributed by atoms with E-state index in [4.69, 9.17) is 4.74 Å². The Morgan fingerprint density at radius 1 is 1.24 bits per heavy atom. The summed E-state index contributed by atoms with van der Waals surface area (Å²) < 4.78 is 5.65. The number of ether oxygens (including phenoxy) is 1. The normalized spacial score (nSPS) is 38.1. The molecule has 25 heavy (non-hydrogen) atoms. The molecule has 0 bridgehead atoms. The van der Waals surface area contributed by atoms with Crippen LogP contribution in [0.3, 0.4) is 0 Å². The van der Waals surface area contributed by atoms with E-state index in [1.54, 1.807) is 19.1 Å². The maximum Gasteiger partial charge on any atom is 0.152 e. The van der Waals surface area contributed by atoms with Gasteiger partial charge in [0.05, 0.1) is 18.3 Å². The molecule has 3 aliphatic rings. The van der Waals surface area contributed by atoms with Crippen LogP contribution in [-0.4, -0.2) is 45.0 Å². The second-order valence-electron chi connectivity index (χ2n) is 7.97. The second kappa shape index (κ2) is 5.81. The van der Waals surface area contributed by atoms with Gasteiger partial charge in [0, 0.05) is 17.8 Å². The molecule has 0 amide bonds. The molecular formula is C20H26O5. The van der Waals surface area contributed by atoms with E-state index in [-0.39, 0.29) is 17.1 Å². The van der Waals surface area contributed by atoms with Crippen LogP contribution in [0.1, 0.15) is 50.2 Å². The van der Waals surface area contributed by atoms with Crippen LogP contribution < -0.4 is 0 Å². The number of phenols is 1. The molecule has 4 rings (SSSR count). The van der Waals surface area contributed by atoms with Crippen molar-refractivity contribution in [1.82, 2.24) is 0 Å². The zero-order valence-electron chi connectivity index (χ0n) is 14.6. The molecule has 6 atom stereocenters. The van der Waals surface area contributed by atoms with E-state index in [1.807, 2.05) is 6.07 Å². The van der Waals surface area contributed by atoms with E-state index in [0.29, 0.717) is 12.8 Å². The molecule has 0 aromatic heterocycles. The lowest BCUT2D eigenvalue weighted by Crippen LogP contribution is -2.42. The van der Waals surface area contributed by atoms with E-state index in [2.05, 4.69) is 6.92 Å². The molecule has 136 valence electrons. The molecule has 5 nitrogen and oxygen atoms in total. The molecule has 1 aromatic rings. The highest BCUT2D eigenvalue weighted by Gasteiger charge is 2.54. The lowest BCUT2D eigenvalue weighted by molar-refractivity contribution is -0.174. The first-order chi connectivity index (χ1) is 11.8. The van der Waals surface area contributed by atoms with E-state index in [9.17, 15) is 20.4 Å². The Kier molecular flexibility index (Phi) is 3.96. The molecule has 0 aliphatic heterocycles. The topological polar surface area (TPSA) is 90.2 Å². The predicted octanol–water partition coefficient (Wildman–Crippen LogP) is 1.98. The Hall–Kier alpha value is -1.40. The van der Waals surface area contributed by atoms with Crippen molar-refractivity contribution >= 4 is 0 Å². The zero-order chi connectivity index (χ0) is 17.9. The highest BCUT2D eigenvalue weighted by molar-refractivity contribution is 5.50. The average Bonchev–Trinajstić information content (AvgIpc) is 2.78. The quantitative estimate of drug-likeness (QED) is 0.486. The summed E-state index contributed by atoms with van der Waals surface area (Å²) in [5, 5.41) is 40.8. The van der Waals surface area contributed by atoms with Gasteiger partial charge >= 0.3 is 0 Å². The van der Waals surface area contributed by atoms with Crippen LogP contribution in [0.25, 0.3) is 0 Å². The van der Waals surface area contributed by atoms with Gasteiger partial charge in [0.1, 0.15) is 5.75 Å². The maximum absolute atomic E-state index is 10.8. The summed E-state index contributed by atoms with van der Waals surface area (Å²) in [6.45, 7) is 3.64. The number of hydrogen-bond donors (Lipinski definition) is 4. The molecule has 0 spiro atoms. The van der Waals surface area contributed by atoms with E-state index >= 15 is 0 Å². The van der Waals surface area contributed by atoms with Crippen molar-refractivity contribution in [2.24, 2.45) is 5.41 Å². The van der Waals surface area contributed by atoms with Crippen LogP contribution in [0.4, 0.5) is 0 Å². The molecule has 1 aromatic carbocycles. The van der Waals surface area contributed by atoms with Crippen LogP contribution in [0.15, 0.2) is 29.3 Å². The molecule has 0 heterocycles. The minimum atomic E-state index is -0.932. The van der Waals surface area contributed by atoms with Gasteiger partial charge in [-0.15, -0.1) is 0 Å². The third-order valence-electron chi connectivity index (χ3n) is 6.37. The number of fused-ring (bicyclic) bond motifs is 4. The Bertz CT molecular complexity index is 725. The van der Waals surface area contributed by atoms with Crippen LogP contribution in [0.2, 0.25) is 0 Å². The van der Waals surface area contributed by atoms with Crippen molar-refractivity contribution < 1.29 is 25.2 Å². The number of aromatic hydroxyl groups is 1. The predicted molar refractivity (Wildman–Crippen MR) is 92.1 cm³/mol. The fourth-order valence-corrected chi connectivity index (χ4v) is 5.33. The summed E-state index contributed by atoms with van der Waals surface area (Å²) in [6.07, 6.45) is -0.0186. The van der Waals surface area contributed by atoms with Gasteiger partial charge in [-0.05, 0) is 55.0 Å². The number of benzene rings is 1. The fourth-order valence-electron chi connectivity index (χ4n) is 5.33. The fraction of sp³-hybridized carbons (Fsp3) is 0.600. The van der Waals surface area contributed by atoms with Crippen molar-refractivity contribution in [2.75, 3.05) is 0 Å². The lowest BCUT2D eigenvalue weighted by atomic mass is 9.62. The van der Waals surface area contributed by atoms with Gasteiger partial charge in [0.15, 0.2) is 6.29 Å². The van der Waals surface area contributed by atoms with Gasteiger partial charge in [-0.1, -0.05) is 18.6 Å². The van der Waals surface area contributed by atoms with Crippen molar-refractivity contribution in [3.63, 3.8) is 0 Å². The van der Waals surface area contributed by atoms with Crippen molar-refractivity contribution in [3.05, 3.63) is 40.5 Å². The molecule has 0 radical (unpaired) electrons. The first-order valence-corrected chi connectivity index (χ1v) is 9.06. The Balaban J connectivity index is 1.80. The molecule has 2 unspecified atom stereocenters. The number of hydrogen-bond acceptors (Lipinski definition) is 5. The van der Waals surface area contributed by atoms with Crippen LogP contribution >= 0.6 is 0 Å². The van der Waals surface area contributed by atoms with Gasteiger partial charge in [0.25, 0.3) is 0 Å². The minimum Gasteiger partial charge on any atom is -0.508 e. The first kappa shape index (κ1) is 17.0. The summed E-state index contributed by atoms with van der Waals surface area (Å²) in [4.78, 5) is 0. The number of aliphatic hydroxyl groups is 3. The molecular weight excluding hydrogens is 320 g/mol. The Morgan fingerprint density at radius 2 is 2.00 bits per heavy atom. The second-order valence-corrected chi connectivity index (χ2v) is 7.97. The smallest absolute Gasteiger partial charge is 0.152 e. The van der Waals surface area contributed by atoms with E-state index in [0.717, 1.165) is 29.6 Å². The molecule has 3 aliphatic carbocycles. The highest BCUT2D eigenvalue weighted by atomic mass is 16.6. The molecule has 1 fully saturated rings. The Morgan fingerprint density at radius 3 is 2.72 bits per heavy atom. The van der Waals surface area contributed by atoms with Gasteiger partial charge in [-0.2, -0.15) is 0 Å². The lowest BCUT2D eigenvalue weighted by Gasteiger charge is -2.45. The summed E-state index contributed by atoms with van der Waals surface area (Å²) in [7, 11) is 0. The average molecular weight is 346 g/mol. The molecule has 5 heteroatoms. The third kappa shape index (κ3) is 2.53. The first-order valence-electron chi connectivity index (χ1n) is 9.06. The summed E-state index contributed by atoms with van der Waals surface area (Å²) >= 11 is 0. The van der Waals surface area contributed by atoms with Crippen molar-refractivity contribution in [1.29, 1.82) is 0 Å². The standard InChI is InChI=1S/C20H26O5/c1-10(21)25-19-17(24)9-15-18-14(5-6-20(15,19)2)13-4-3-12(22)7-11(13)8-16(18)23/h3-4,7,10,14,16-17,19,21-24H,5-6,8-9H2,1-2H3/t10?,14?,16-,17+,19-,20-/m0/s1. The van der Waals surface area contributed by atoms with Gasteiger partial charge in [-0.25, -0.2) is 0 Å². The maximum atomic E-state index is 10.8. The van der Waals surface area contributed by atoms with E-state index in [1.165, 1.54) is 5.56 Å². The van der Waals surface area contributed by atoms with Crippen LogP contribution in [-0.2, 0) is 11.2 Å². The molecule has 4 N–H and O–H groups in total. The Labute approximate surface area is 147 Å². The zero-order valence-corrected chi connectivity index (χ0v) is 14.6. The van der Waals surface area contributed by atoms with Crippen molar-refractivity contribution in [2.45, 2.75) is 70.1 Å². The summed E-state index contributed by atoms with van der Waals surface area (Å²) in [5.74, 6) is 0.351. The van der Waals surface area contributed by atoms with Crippen LogP contribution in [0, 0.1) is 5.41 Å². The SMILES string of the molecule is CC(O)O[C@H]1[C@H](O)CC2=C3C(CC[C@@]21C)c1ccc(O)cc1C[C@@H]3O. The van der Waals surface area contributed by atoms with Gasteiger partial charge < -0.3 is 25.2 Å². The summed E-state index contributed by atoms with van der Waals surface area (Å²) in [5.41, 5.74) is 3.91. The van der Waals surface area contributed by atoms with Crippen molar-refractivity contribution in [3.8, 4) is 5.75 Å². The monoisotopic (exact) mass is 346 g/mol. The highest BCUT2D eigenvalue weighted by Crippen LogP contribution is 2.58. The number of rotatable bonds is 2. The van der Waals surface area contributed by atoms with Gasteiger partial charge in [0.2, 0.25) is 0 Å². The number of aliphatic hydroxyl groups excluding tert-OH is 3. The third-order valence-corrected chi connectivity index (χ3v) is 6.37. The molecule has 1 saturated carbocycles. The van der Waals surface area contributed by atoms with Crippen LogP contribution in [0.5, 0.6) is 5.75 Å². The van der Waals surface area contributed by atoms with Gasteiger partial charge in [-0.3, -0.25) is 0 Å². The molecule has 0 saturated heterocycles.